The van der Waals surface area contributed by atoms with Gasteiger partial charge in [0.25, 0.3) is 0 Å². The predicted molar refractivity (Wildman–Crippen MR) is 76.1 cm³/mol. The minimum Gasteiger partial charge on any atom is -0.383 e. The second-order valence-electron chi connectivity index (χ2n) is 5.00. The van der Waals surface area contributed by atoms with Gasteiger partial charge in [0.05, 0.1) is 13.2 Å². The number of rotatable bonds is 7. The molecule has 2 aromatic rings. The molecule has 1 fully saturated rings. The number of nitrogens with one attached hydrogen (secondary N) is 2. The highest BCUT2D eigenvalue weighted by atomic mass is 16.5. The van der Waals surface area contributed by atoms with Crippen molar-refractivity contribution in [3.05, 3.63) is 18.2 Å². The summed E-state index contributed by atoms with van der Waals surface area (Å²) in [6, 6.07) is 0. The molecule has 0 unspecified atom stereocenters. The van der Waals surface area contributed by atoms with Gasteiger partial charge in [-0.05, 0) is 12.8 Å². The van der Waals surface area contributed by atoms with Crippen molar-refractivity contribution in [2.24, 2.45) is 0 Å². The fourth-order valence-electron chi connectivity index (χ4n) is 2.11. The van der Waals surface area contributed by atoms with E-state index < -0.39 is 0 Å². The molecule has 0 saturated heterocycles. The molecule has 0 aliphatic heterocycles. The second kappa shape index (κ2) is 6.04. The molecule has 112 valence electrons. The van der Waals surface area contributed by atoms with Crippen LogP contribution in [0.25, 0.3) is 5.65 Å². The molecule has 8 heteroatoms. The number of amides is 1. The number of carbonyl (C=O) groups excluding carboxylic acids is 1. The van der Waals surface area contributed by atoms with E-state index in [-0.39, 0.29) is 12.5 Å². The Labute approximate surface area is 121 Å². The molecule has 0 bridgehead atoms. The third kappa shape index (κ3) is 3.10. The third-order valence-corrected chi connectivity index (χ3v) is 3.34. The van der Waals surface area contributed by atoms with Gasteiger partial charge in [0.2, 0.25) is 11.6 Å². The molecule has 0 spiro atoms. The lowest BCUT2D eigenvalue weighted by molar-refractivity contribution is -0.119. The molecule has 0 aromatic carbocycles. The van der Waals surface area contributed by atoms with Gasteiger partial charge >= 0.3 is 0 Å². The summed E-state index contributed by atoms with van der Waals surface area (Å²) in [6.07, 6.45) is 5.86. The summed E-state index contributed by atoms with van der Waals surface area (Å²) >= 11 is 0. The van der Waals surface area contributed by atoms with Crippen LogP contribution in [0.2, 0.25) is 0 Å². The number of hydrogen-bond acceptors (Lipinski definition) is 6. The lowest BCUT2D eigenvalue weighted by Gasteiger charge is -2.07. The second-order valence-corrected chi connectivity index (χ2v) is 5.00. The molecule has 3 rings (SSSR count). The minimum atomic E-state index is -0.113. The van der Waals surface area contributed by atoms with Crippen LogP contribution in [-0.4, -0.2) is 52.3 Å². The number of fused-ring (bicyclic) bond motifs is 1. The average molecular weight is 290 g/mol. The maximum absolute atomic E-state index is 11.7. The Hall–Kier alpha value is -2.22. The van der Waals surface area contributed by atoms with Crippen molar-refractivity contribution in [1.29, 1.82) is 0 Å². The molecular formula is C13H18N6O2. The Morgan fingerprint density at radius 2 is 2.33 bits per heavy atom. The number of anilines is 1. The van der Waals surface area contributed by atoms with E-state index >= 15 is 0 Å². The summed E-state index contributed by atoms with van der Waals surface area (Å²) in [5.41, 5.74) is 0.657. The maximum Gasteiger partial charge on any atom is 0.239 e. The third-order valence-electron chi connectivity index (χ3n) is 3.34. The van der Waals surface area contributed by atoms with Gasteiger partial charge in [-0.1, -0.05) is 0 Å². The molecule has 1 amide bonds. The first-order valence-electron chi connectivity index (χ1n) is 6.98. The van der Waals surface area contributed by atoms with E-state index in [2.05, 4.69) is 25.8 Å². The zero-order chi connectivity index (χ0) is 14.7. The Morgan fingerprint density at radius 3 is 3.10 bits per heavy atom. The van der Waals surface area contributed by atoms with Crippen LogP contribution >= 0.6 is 0 Å². The van der Waals surface area contributed by atoms with E-state index in [9.17, 15) is 4.79 Å². The van der Waals surface area contributed by atoms with Gasteiger partial charge in [-0.2, -0.15) is 0 Å². The van der Waals surface area contributed by atoms with Crippen LogP contribution in [0.15, 0.2) is 12.4 Å². The smallest absolute Gasteiger partial charge is 0.239 e. The summed E-state index contributed by atoms with van der Waals surface area (Å²) in [5.74, 6) is 1.93. The standard InChI is InChI=1S/C13H18N6O2/c1-21-7-5-14-10(20)8-16-11-13-18-17-12(9-2-3-9)19(13)6-4-15-11/h4,6,9H,2-3,5,7-8H2,1H3,(H,14,20)(H,15,16). The lowest BCUT2D eigenvalue weighted by Crippen LogP contribution is -2.32. The van der Waals surface area contributed by atoms with Crippen LogP contribution in [0.4, 0.5) is 5.82 Å². The van der Waals surface area contributed by atoms with E-state index in [0.29, 0.717) is 30.5 Å². The fourth-order valence-corrected chi connectivity index (χ4v) is 2.11. The number of methoxy groups -OCH3 is 1. The highest BCUT2D eigenvalue weighted by Gasteiger charge is 2.29. The number of hydrogen-bond donors (Lipinski definition) is 2. The van der Waals surface area contributed by atoms with Crippen LogP contribution in [0.3, 0.4) is 0 Å². The highest BCUT2D eigenvalue weighted by molar-refractivity contribution is 5.81. The van der Waals surface area contributed by atoms with E-state index in [0.717, 1.165) is 18.7 Å². The molecule has 2 aromatic heterocycles. The molecular weight excluding hydrogens is 272 g/mol. The topological polar surface area (TPSA) is 93.4 Å². The van der Waals surface area contributed by atoms with Crippen molar-refractivity contribution < 1.29 is 9.53 Å². The van der Waals surface area contributed by atoms with Crippen molar-refractivity contribution in [1.82, 2.24) is 24.9 Å². The van der Waals surface area contributed by atoms with E-state index in [1.165, 1.54) is 0 Å². The molecule has 1 saturated carbocycles. The van der Waals surface area contributed by atoms with Gasteiger partial charge in [-0.25, -0.2) is 4.98 Å². The zero-order valence-electron chi connectivity index (χ0n) is 11.9. The van der Waals surface area contributed by atoms with Gasteiger partial charge in [0.15, 0.2) is 5.82 Å². The molecule has 0 atom stereocenters. The van der Waals surface area contributed by atoms with E-state index in [1.807, 2.05) is 10.6 Å². The zero-order valence-corrected chi connectivity index (χ0v) is 11.9. The molecule has 0 radical (unpaired) electrons. The Kier molecular flexibility index (Phi) is 3.96. The van der Waals surface area contributed by atoms with Crippen LogP contribution in [0.1, 0.15) is 24.6 Å². The summed E-state index contributed by atoms with van der Waals surface area (Å²) in [5, 5.41) is 14.1. The predicted octanol–water partition coefficient (Wildman–Crippen LogP) is 0.176. The minimum absolute atomic E-state index is 0.113. The van der Waals surface area contributed by atoms with E-state index in [4.69, 9.17) is 4.74 Å². The quantitative estimate of drug-likeness (QED) is 0.706. The summed E-state index contributed by atoms with van der Waals surface area (Å²) in [6.45, 7) is 1.13. The molecule has 21 heavy (non-hydrogen) atoms. The molecule has 2 heterocycles. The monoisotopic (exact) mass is 290 g/mol. The maximum atomic E-state index is 11.7. The first-order valence-corrected chi connectivity index (χ1v) is 6.98. The van der Waals surface area contributed by atoms with Gasteiger partial charge in [-0.15, -0.1) is 10.2 Å². The van der Waals surface area contributed by atoms with Crippen molar-refractivity contribution in [3.63, 3.8) is 0 Å². The first-order chi connectivity index (χ1) is 10.3. The van der Waals surface area contributed by atoms with Crippen molar-refractivity contribution in [2.75, 3.05) is 32.1 Å². The van der Waals surface area contributed by atoms with E-state index in [1.54, 1.807) is 13.3 Å². The summed E-state index contributed by atoms with van der Waals surface area (Å²) in [4.78, 5) is 15.9. The number of nitrogens with zero attached hydrogens (tertiary/aromatic N) is 4. The van der Waals surface area contributed by atoms with Gasteiger partial charge in [-0.3, -0.25) is 9.20 Å². The largest absolute Gasteiger partial charge is 0.383 e. The Balaban J connectivity index is 1.65. The normalized spacial score (nSPS) is 14.3. The fraction of sp³-hybridized carbons (Fsp3) is 0.538. The Bertz CT molecular complexity index is 637. The number of aromatic nitrogens is 4. The van der Waals surface area contributed by atoms with Crippen molar-refractivity contribution in [2.45, 2.75) is 18.8 Å². The molecule has 8 nitrogen and oxygen atoms in total. The first kappa shape index (κ1) is 13.7. The average Bonchev–Trinajstić information content (AvgIpc) is 3.24. The van der Waals surface area contributed by atoms with Gasteiger partial charge in [0, 0.05) is 32.0 Å². The number of ether oxygens (including phenoxy) is 1. The molecule has 1 aliphatic carbocycles. The van der Waals surface area contributed by atoms with Crippen molar-refractivity contribution in [3.8, 4) is 0 Å². The van der Waals surface area contributed by atoms with Crippen LogP contribution in [0.5, 0.6) is 0 Å². The van der Waals surface area contributed by atoms with Gasteiger partial charge in [0.1, 0.15) is 5.82 Å². The molecule has 1 aliphatic rings. The Morgan fingerprint density at radius 1 is 1.48 bits per heavy atom. The SMILES string of the molecule is COCCNC(=O)CNc1nccn2c(C3CC3)nnc12. The van der Waals surface area contributed by atoms with Crippen molar-refractivity contribution >= 4 is 17.4 Å². The van der Waals surface area contributed by atoms with Crippen LogP contribution in [0, 0.1) is 0 Å². The summed E-state index contributed by atoms with van der Waals surface area (Å²) in [7, 11) is 1.60. The highest BCUT2D eigenvalue weighted by Crippen LogP contribution is 2.39. The lowest BCUT2D eigenvalue weighted by atomic mass is 10.4. The van der Waals surface area contributed by atoms with Crippen LogP contribution < -0.4 is 10.6 Å². The number of carbonyl (C=O) groups is 1. The summed E-state index contributed by atoms with van der Waals surface area (Å²) < 4.78 is 6.81. The van der Waals surface area contributed by atoms with Gasteiger partial charge < -0.3 is 15.4 Å². The molecule has 2 N–H and O–H groups in total. The van der Waals surface area contributed by atoms with Crippen LogP contribution in [-0.2, 0) is 9.53 Å².